The lowest BCUT2D eigenvalue weighted by Crippen LogP contribution is -2.54. The molecule has 1 aromatic heterocycles. The molecule has 2 saturated carbocycles. The molecule has 5 heteroatoms. The molecule has 0 aromatic carbocycles. The number of aryl methyl sites for hydroxylation is 1. The first-order chi connectivity index (χ1) is 11.1. The molecular weight excluding hydrogens is 308 g/mol. The second-order valence-electron chi connectivity index (χ2n) is 7.32. The lowest BCUT2D eigenvalue weighted by Gasteiger charge is -2.39. The smallest absolute Gasteiger partial charge is 0.226 e. The zero-order chi connectivity index (χ0) is 16.0. The summed E-state index contributed by atoms with van der Waals surface area (Å²) >= 11 is 1.84. The van der Waals surface area contributed by atoms with Crippen molar-refractivity contribution in [1.29, 1.82) is 0 Å². The van der Waals surface area contributed by atoms with Crippen molar-refractivity contribution < 1.29 is 9.90 Å². The number of rotatable bonds is 3. The summed E-state index contributed by atoms with van der Waals surface area (Å²) in [5.74, 6) is 1.04. The zero-order valence-corrected chi connectivity index (χ0v) is 14.6. The number of hydrogen-bond donors (Lipinski definition) is 1. The van der Waals surface area contributed by atoms with Gasteiger partial charge in [0, 0.05) is 53.8 Å². The molecule has 1 aliphatic heterocycles. The van der Waals surface area contributed by atoms with Gasteiger partial charge in [0.05, 0.1) is 6.10 Å². The highest BCUT2D eigenvalue weighted by Gasteiger charge is 2.47. The third kappa shape index (κ3) is 3.06. The Kier molecular flexibility index (Phi) is 4.20. The van der Waals surface area contributed by atoms with Gasteiger partial charge < -0.3 is 10.0 Å². The maximum atomic E-state index is 12.7. The number of thiophene rings is 1. The van der Waals surface area contributed by atoms with E-state index in [2.05, 4.69) is 28.9 Å². The first kappa shape index (κ1) is 15.6. The molecule has 2 aliphatic carbocycles. The van der Waals surface area contributed by atoms with Gasteiger partial charge in [-0.2, -0.15) is 0 Å². The SMILES string of the molecule is Cc1ccc([C@@H]2C[C@@H]2C(=O)N2CCN([C@H]3CCC[C@H]3O)CC2)s1. The van der Waals surface area contributed by atoms with E-state index in [1.54, 1.807) is 0 Å². The van der Waals surface area contributed by atoms with Crippen LogP contribution in [0.15, 0.2) is 12.1 Å². The Morgan fingerprint density at radius 1 is 1.22 bits per heavy atom. The summed E-state index contributed by atoms with van der Waals surface area (Å²) in [5, 5.41) is 10.1. The highest BCUT2D eigenvalue weighted by molar-refractivity contribution is 7.12. The van der Waals surface area contributed by atoms with Gasteiger partial charge in [0.1, 0.15) is 0 Å². The van der Waals surface area contributed by atoms with Crippen molar-refractivity contribution in [2.45, 2.75) is 50.7 Å². The number of aliphatic hydroxyl groups is 1. The van der Waals surface area contributed by atoms with Crippen molar-refractivity contribution in [2.24, 2.45) is 5.92 Å². The molecule has 0 unspecified atom stereocenters. The molecule has 0 bridgehead atoms. The van der Waals surface area contributed by atoms with Crippen molar-refractivity contribution in [2.75, 3.05) is 26.2 Å². The van der Waals surface area contributed by atoms with Gasteiger partial charge in [-0.25, -0.2) is 0 Å². The Hall–Kier alpha value is -0.910. The van der Waals surface area contributed by atoms with Crippen LogP contribution in [0.1, 0.15) is 41.4 Å². The van der Waals surface area contributed by atoms with Crippen LogP contribution in [0.3, 0.4) is 0 Å². The maximum absolute atomic E-state index is 12.7. The molecule has 4 atom stereocenters. The average molecular weight is 334 g/mol. The van der Waals surface area contributed by atoms with Crippen molar-refractivity contribution in [1.82, 2.24) is 9.80 Å². The van der Waals surface area contributed by atoms with Crippen LogP contribution in [0.5, 0.6) is 0 Å². The highest BCUT2D eigenvalue weighted by Crippen LogP contribution is 2.50. The van der Waals surface area contributed by atoms with Crippen LogP contribution in [-0.4, -0.2) is 59.1 Å². The fourth-order valence-electron chi connectivity index (χ4n) is 4.29. The van der Waals surface area contributed by atoms with Crippen molar-refractivity contribution in [3.05, 3.63) is 21.9 Å². The van der Waals surface area contributed by atoms with E-state index in [-0.39, 0.29) is 12.0 Å². The monoisotopic (exact) mass is 334 g/mol. The lowest BCUT2D eigenvalue weighted by molar-refractivity contribution is -0.135. The Morgan fingerprint density at radius 2 is 2.00 bits per heavy atom. The van der Waals surface area contributed by atoms with Crippen LogP contribution < -0.4 is 0 Å². The Bertz CT molecular complexity index is 579. The number of carbonyl (C=O) groups is 1. The summed E-state index contributed by atoms with van der Waals surface area (Å²) in [5.41, 5.74) is 0. The molecule has 23 heavy (non-hydrogen) atoms. The summed E-state index contributed by atoms with van der Waals surface area (Å²) in [6, 6.07) is 4.68. The van der Waals surface area contributed by atoms with Crippen LogP contribution >= 0.6 is 11.3 Å². The van der Waals surface area contributed by atoms with Crippen LogP contribution in [0.25, 0.3) is 0 Å². The summed E-state index contributed by atoms with van der Waals surface area (Å²) < 4.78 is 0. The number of amides is 1. The van der Waals surface area contributed by atoms with Crippen LogP contribution in [0.4, 0.5) is 0 Å². The molecule has 1 saturated heterocycles. The Morgan fingerprint density at radius 3 is 2.61 bits per heavy atom. The summed E-state index contributed by atoms with van der Waals surface area (Å²) in [4.78, 5) is 19.9. The molecule has 2 heterocycles. The summed E-state index contributed by atoms with van der Waals surface area (Å²) in [6.45, 7) is 5.62. The topological polar surface area (TPSA) is 43.8 Å². The van der Waals surface area contributed by atoms with Gasteiger partial charge >= 0.3 is 0 Å². The van der Waals surface area contributed by atoms with Crippen LogP contribution in [0.2, 0.25) is 0 Å². The fraction of sp³-hybridized carbons (Fsp3) is 0.722. The van der Waals surface area contributed by atoms with E-state index >= 15 is 0 Å². The summed E-state index contributed by atoms with van der Waals surface area (Å²) in [7, 11) is 0. The van der Waals surface area contributed by atoms with Gasteiger partial charge in [0.2, 0.25) is 5.91 Å². The van der Waals surface area contributed by atoms with Crippen LogP contribution in [-0.2, 0) is 4.79 Å². The molecule has 4 rings (SSSR count). The largest absolute Gasteiger partial charge is 0.391 e. The number of piperazine rings is 1. The molecule has 4 nitrogen and oxygen atoms in total. The second-order valence-corrected chi connectivity index (χ2v) is 8.64. The first-order valence-corrected chi connectivity index (χ1v) is 9.72. The first-order valence-electron chi connectivity index (χ1n) is 8.90. The van der Waals surface area contributed by atoms with E-state index in [0.717, 1.165) is 51.9 Å². The Labute approximate surface area is 142 Å². The number of carbonyl (C=O) groups excluding carboxylic acids is 1. The molecule has 0 radical (unpaired) electrons. The van der Waals surface area contributed by atoms with E-state index in [1.165, 1.54) is 9.75 Å². The van der Waals surface area contributed by atoms with E-state index < -0.39 is 0 Å². The number of hydrogen-bond acceptors (Lipinski definition) is 4. The average Bonchev–Trinajstić information content (AvgIpc) is 3.06. The lowest BCUT2D eigenvalue weighted by atomic mass is 10.1. The zero-order valence-electron chi connectivity index (χ0n) is 13.8. The minimum atomic E-state index is -0.160. The standard InChI is InChI=1S/C18H26N2O2S/c1-12-5-6-17(23-12)13-11-14(13)18(22)20-9-7-19(8-10-20)15-3-2-4-16(15)21/h5-6,13-16,21H,2-4,7-11H2,1H3/t13-,14+,15+,16-/m1/s1. The van der Waals surface area contributed by atoms with E-state index in [0.29, 0.717) is 17.9 Å². The third-order valence-corrected chi connectivity index (χ3v) is 6.91. The van der Waals surface area contributed by atoms with Gasteiger partial charge in [-0.1, -0.05) is 0 Å². The van der Waals surface area contributed by atoms with Crippen molar-refractivity contribution in [3.8, 4) is 0 Å². The molecule has 1 N–H and O–H groups in total. The predicted molar refractivity (Wildman–Crippen MR) is 91.7 cm³/mol. The molecule has 1 amide bonds. The van der Waals surface area contributed by atoms with Gasteiger partial charge in [-0.3, -0.25) is 9.69 Å². The van der Waals surface area contributed by atoms with Gasteiger partial charge in [-0.05, 0) is 44.7 Å². The van der Waals surface area contributed by atoms with Gasteiger partial charge in [-0.15, -0.1) is 11.3 Å². The number of nitrogens with zero attached hydrogens (tertiary/aromatic N) is 2. The molecule has 1 aromatic rings. The third-order valence-electron chi connectivity index (χ3n) is 5.77. The Balaban J connectivity index is 1.30. The molecule has 3 fully saturated rings. The van der Waals surface area contributed by atoms with Gasteiger partial charge in [0.15, 0.2) is 0 Å². The van der Waals surface area contributed by atoms with Crippen molar-refractivity contribution in [3.63, 3.8) is 0 Å². The quantitative estimate of drug-likeness (QED) is 0.922. The summed E-state index contributed by atoms with van der Waals surface area (Å²) in [6.07, 6.45) is 4.05. The molecule has 3 aliphatic rings. The van der Waals surface area contributed by atoms with E-state index in [1.807, 2.05) is 11.3 Å². The van der Waals surface area contributed by atoms with E-state index in [4.69, 9.17) is 0 Å². The minimum absolute atomic E-state index is 0.160. The molecule has 126 valence electrons. The van der Waals surface area contributed by atoms with Crippen molar-refractivity contribution >= 4 is 17.2 Å². The molecular formula is C18H26N2O2S. The number of aliphatic hydroxyl groups excluding tert-OH is 1. The molecule has 0 spiro atoms. The maximum Gasteiger partial charge on any atom is 0.226 e. The normalized spacial score (nSPS) is 34.8. The van der Waals surface area contributed by atoms with E-state index in [9.17, 15) is 9.90 Å². The minimum Gasteiger partial charge on any atom is -0.391 e. The fourth-order valence-corrected chi connectivity index (χ4v) is 5.35. The highest BCUT2D eigenvalue weighted by atomic mass is 32.1. The second kappa shape index (κ2) is 6.19. The predicted octanol–water partition coefficient (Wildman–Crippen LogP) is 2.22. The van der Waals surface area contributed by atoms with Crippen LogP contribution in [0, 0.1) is 12.8 Å². The van der Waals surface area contributed by atoms with Gasteiger partial charge in [0.25, 0.3) is 0 Å².